The second kappa shape index (κ2) is 11.0. The van der Waals surface area contributed by atoms with Crippen molar-refractivity contribution in [2.45, 2.75) is 56.3 Å². The van der Waals surface area contributed by atoms with Crippen molar-refractivity contribution in [3.8, 4) is 28.4 Å². The number of benzene rings is 3. The molecule has 3 unspecified atom stereocenters. The Balaban J connectivity index is 1.80. The molecule has 2 bridgehead atoms. The SMILES string of the molecule is COc1c(O)ccc2c1-c1ccc3ccc(O)cc3c1C1CCC(CCCSS1)C(O)CC(=O)CC2. The third-order valence-electron chi connectivity index (χ3n) is 7.51. The number of aliphatic hydroxyl groups is 1. The fourth-order valence-corrected chi connectivity index (χ4v) is 8.50. The van der Waals surface area contributed by atoms with Gasteiger partial charge in [-0.05, 0) is 83.7 Å². The fraction of sp³-hybridized carbons (Fsp3) is 0.414. The Kier molecular flexibility index (Phi) is 7.70. The summed E-state index contributed by atoms with van der Waals surface area (Å²) >= 11 is 0. The zero-order valence-electron chi connectivity index (χ0n) is 20.4. The molecular weight excluding hydrogens is 492 g/mol. The largest absolute Gasteiger partial charge is 0.508 e. The van der Waals surface area contributed by atoms with E-state index in [1.807, 2.05) is 45.9 Å². The molecule has 3 aromatic carbocycles. The fourth-order valence-electron chi connectivity index (χ4n) is 5.66. The van der Waals surface area contributed by atoms with E-state index < -0.39 is 6.10 Å². The number of fused-ring (bicyclic) bond motifs is 9. The van der Waals surface area contributed by atoms with Crippen LogP contribution in [0.15, 0.2) is 42.5 Å². The van der Waals surface area contributed by atoms with Gasteiger partial charge in [-0.1, -0.05) is 45.9 Å². The number of ketones is 1. The van der Waals surface area contributed by atoms with Crippen molar-refractivity contribution in [2.24, 2.45) is 5.92 Å². The topological polar surface area (TPSA) is 87.0 Å². The molecule has 1 aliphatic carbocycles. The lowest BCUT2D eigenvalue weighted by atomic mass is 9.85. The van der Waals surface area contributed by atoms with Gasteiger partial charge in [-0.3, -0.25) is 4.79 Å². The van der Waals surface area contributed by atoms with Crippen LogP contribution in [0.4, 0.5) is 0 Å². The van der Waals surface area contributed by atoms with E-state index in [2.05, 4.69) is 6.07 Å². The van der Waals surface area contributed by atoms with Crippen molar-refractivity contribution in [3.63, 3.8) is 0 Å². The average Bonchev–Trinajstić information content (AvgIpc) is 2.99. The number of phenolic OH excluding ortho intramolecular Hbond substituents is 2. The second-order valence-electron chi connectivity index (χ2n) is 9.78. The van der Waals surface area contributed by atoms with Gasteiger partial charge in [0, 0.05) is 29.4 Å². The van der Waals surface area contributed by atoms with Gasteiger partial charge in [-0.2, -0.15) is 0 Å². The molecule has 1 fully saturated rings. The average molecular weight is 525 g/mol. The molecule has 0 spiro atoms. The van der Waals surface area contributed by atoms with Gasteiger partial charge < -0.3 is 20.1 Å². The molecule has 36 heavy (non-hydrogen) atoms. The zero-order valence-corrected chi connectivity index (χ0v) is 22.0. The Labute approximate surface area is 219 Å². The van der Waals surface area contributed by atoms with Crippen molar-refractivity contribution >= 4 is 38.1 Å². The maximum absolute atomic E-state index is 12.9. The predicted octanol–water partition coefficient (Wildman–Crippen LogP) is 6.81. The molecule has 0 aromatic heterocycles. The first kappa shape index (κ1) is 25.3. The molecule has 190 valence electrons. The first-order chi connectivity index (χ1) is 17.5. The molecule has 5 nitrogen and oxygen atoms in total. The van der Waals surface area contributed by atoms with Crippen LogP contribution in [-0.2, 0) is 11.2 Å². The number of carbonyl (C=O) groups is 1. The molecule has 0 amide bonds. The quantitative estimate of drug-likeness (QED) is 0.302. The number of hydrogen-bond acceptors (Lipinski definition) is 7. The zero-order chi connectivity index (χ0) is 25.2. The van der Waals surface area contributed by atoms with Gasteiger partial charge in [0.15, 0.2) is 11.5 Å². The molecule has 3 N–H and O–H groups in total. The predicted molar refractivity (Wildman–Crippen MR) is 148 cm³/mol. The number of aromatic hydroxyl groups is 2. The van der Waals surface area contributed by atoms with Crippen LogP contribution in [0.25, 0.3) is 21.9 Å². The number of Topliss-reactive ketones (excluding diaryl/α,β-unsaturated/α-hetero) is 1. The van der Waals surface area contributed by atoms with Crippen LogP contribution in [0.3, 0.4) is 0 Å². The highest BCUT2D eigenvalue weighted by Gasteiger charge is 2.30. The maximum atomic E-state index is 12.9. The van der Waals surface area contributed by atoms with E-state index in [0.717, 1.165) is 64.5 Å². The van der Waals surface area contributed by atoms with Gasteiger partial charge >= 0.3 is 0 Å². The smallest absolute Gasteiger partial charge is 0.168 e. The molecule has 1 saturated heterocycles. The number of rotatable bonds is 1. The minimum absolute atomic E-state index is 0.0563. The molecule has 0 radical (unpaired) electrons. The Bertz CT molecular complexity index is 1270. The van der Waals surface area contributed by atoms with E-state index in [0.29, 0.717) is 18.6 Å². The number of phenols is 2. The van der Waals surface area contributed by atoms with Crippen molar-refractivity contribution < 1.29 is 24.9 Å². The highest BCUT2D eigenvalue weighted by molar-refractivity contribution is 8.76. The van der Waals surface area contributed by atoms with Crippen molar-refractivity contribution in [1.29, 1.82) is 0 Å². The van der Waals surface area contributed by atoms with Crippen LogP contribution in [-0.4, -0.2) is 40.1 Å². The number of hydrogen-bond donors (Lipinski definition) is 3. The minimum Gasteiger partial charge on any atom is -0.508 e. The van der Waals surface area contributed by atoms with E-state index in [4.69, 9.17) is 4.74 Å². The number of carbonyl (C=O) groups excluding carboxylic acids is 1. The normalized spacial score (nSPS) is 23.3. The molecule has 1 aliphatic heterocycles. The number of aryl methyl sites for hydroxylation is 1. The van der Waals surface area contributed by atoms with Crippen LogP contribution < -0.4 is 4.74 Å². The van der Waals surface area contributed by atoms with E-state index in [1.54, 1.807) is 19.2 Å². The van der Waals surface area contributed by atoms with E-state index in [-0.39, 0.29) is 34.9 Å². The Morgan fingerprint density at radius 2 is 1.83 bits per heavy atom. The monoisotopic (exact) mass is 524 g/mol. The first-order valence-electron chi connectivity index (χ1n) is 12.6. The molecule has 1 heterocycles. The highest BCUT2D eigenvalue weighted by atomic mass is 33.1. The summed E-state index contributed by atoms with van der Waals surface area (Å²) in [5.74, 6) is 1.79. The summed E-state index contributed by atoms with van der Waals surface area (Å²) in [4.78, 5) is 12.9. The molecule has 7 heteroatoms. The summed E-state index contributed by atoms with van der Waals surface area (Å²) in [6.45, 7) is 0. The third kappa shape index (κ3) is 5.06. The van der Waals surface area contributed by atoms with Crippen LogP contribution in [0.5, 0.6) is 17.2 Å². The summed E-state index contributed by atoms with van der Waals surface area (Å²) in [5, 5.41) is 34.3. The van der Waals surface area contributed by atoms with Gasteiger partial charge in [0.05, 0.1) is 13.2 Å². The summed E-state index contributed by atoms with van der Waals surface area (Å²) in [7, 11) is 5.25. The van der Waals surface area contributed by atoms with Crippen LogP contribution in [0, 0.1) is 5.92 Å². The standard InChI is InChI=1S/C29H32O5S2/c1-34-29-24(32)12-7-19-5-10-21(31)16-25(33)18-3-2-14-35-36-26(13-8-18)28-22(27(19)29)11-6-17-4-9-20(30)15-23(17)28/h4,6-7,9,11-12,15,18,25-26,30,32-33H,2-3,5,8,10,13-14,16H2,1H3. The van der Waals surface area contributed by atoms with Crippen LogP contribution in [0.2, 0.25) is 0 Å². The number of ether oxygens (including phenoxy) is 1. The lowest BCUT2D eigenvalue weighted by molar-refractivity contribution is -0.121. The Morgan fingerprint density at radius 3 is 2.67 bits per heavy atom. The van der Waals surface area contributed by atoms with Gasteiger partial charge in [-0.25, -0.2) is 0 Å². The summed E-state index contributed by atoms with van der Waals surface area (Å²) in [5.41, 5.74) is 3.78. The van der Waals surface area contributed by atoms with E-state index in [9.17, 15) is 20.1 Å². The minimum atomic E-state index is -0.628. The molecule has 3 aromatic rings. The van der Waals surface area contributed by atoms with Gasteiger partial charge in [-0.15, -0.1) is 0 Å². The van der Waals surface area contributed by atoms with Crippen molar-refractivity contribution in [2.75, 3.05) is 12.9 Å². The molecular formula is C29H32O5S2. The van der Waals surface area contributed by atoms with Crippen LogP contribution in [0.1, 0.15) is 54.9 Å². The van der Waals surface area contributed by atoms with E-state index >= 15 is 0 Å². The lowest BCUT2D eigenvalue weighted by Crippen LogP contribution is -2.24. The lowest BCUT2D eigenvalue weighted by Gasteiger charge is -2.26. The molecule has 0 saturated carbocycles. The summed E-state index contributed by atoms with van der Waals surface area (Å²) < 4.78 is 5.74. The Morgan fingerprint density at radius 1 is 1.00 bits per heavy atom. The maximum Gasteiger partial charge on any atom is 0.168 e. The molecule has 5 rings (SSSR count). The Hall–Kier alpha value is -2.35. The first-order valence-corrected chi connectivity index (χ1v) is 15.0. The number of methoxy groups -OCH3 is 1. The van der Waals surface area contributed by atoms with Crippen molar-refractivity contribution in [3.05, 3.63) is 53.6 Å². The van der Waals surface area contributed by atoms with E-state index in [1.165, 1.54) is 0 Å². The second-order valence-corrected chi connectivity index (χ2v) is 12.5. The van der Waals surface area contributed by atoms with Crippen LogP contribution >= 0.6 is 21.6 Å². The van der Waals surface area contributed by atoms with Crippen molar-refractivity contribution in [1.82, 2.24) is 0 Å². The summed E-state index contributed by atoms with van der Waals surface area (Å²) in [6.07, 6.45) is 3.96. The highest BCUT2D eigenvalue weighted by Crippen LogP contribution is 2.52. The molecule has 3 atom stereocenters. The third-order valence-corrected chi connectivity index (χ3v) is 10.4. The van der Waals surface area contributed by atoms with Gasteiger partial charge in [0.2, 0.25) is 0 Å². The van der Waals surface area contributed by atoms with Gasteiger partial charge in [0.1, 0.15) is 11.5 Å². The van der Waals surface area contributed by atoms with Gasteiger partial charge in [0.25, 0.3) is 0 Å². The molecule has 2 aliphatic rings. The summed E-state index contributed by atoms with van der Waals surface area (Å²) in [6, 6.07) is 13.1. The number of aliphatic hydroxyl groups excluding tert-OH is 1.